The van der Waals surface area contributed by atoms with Gasteiger partial charge in [0.05, 0.1) is 0 Å². The molecule has 0 aliphatic carbocycles. The molecule has 12 heavy (non-hydrogen) atoms. The van der Waals surface area contributed by atoms with Crippen molar-refractivity contribution in [3.63, 3.8) is 0 Å². The standard InChI is InChI=1S/C10H16N2/c1-3-12-8-9-5-4-6-10(7-9)11-2/h4-7,11-12H,3,8H2,1-2H3. The summed E-state index contributed by atoms with van der Waals surface area (Å²) in [6.07, 6.45) is 0. The summed E-state index contributed by atoms with van der Waals surface area (Å²) < 4.78 is 0. The maximum absolute atomic E-state index is 3.29. The number of benzene rings is 1. The van der Waals surface area contributed by atoms with Gasteiger partial charge in [-0.3, -0.25) is 0 Å². The average molecular weight is 164 g/mol. The molecule has 0 fully saturated rings. The predicted octanol–water partition coefficient (Wildman–Crippen LogP) is 1.84. The molecule has 0 saturated heterocycles. The van der Waals surface area contributed by atoms with Gasteiger partial charge in [-0.2, -0.15) is 0 Å². The minimum absolute atomic E-state index is 0.950. The monoisotopic (exact) mass is 164 g/mol. The van der Waals surface area contributed by atoms with Gasteiger partial charge in [-0.25, -0.2) is 0 Å². The smallest absolute Gasteiger partial charge is 0.0340 e. The molecule has 0 aliphatic heterocycles. The Balaban J connectivity index is 2.60. The van der Waals surface area contributed by atoms with Crippen LogP contribution in [-0.4, -0.2) is 13.6 Å². The molecule has 2 N–H and O–H groups in total. The molecule has 0 spiro atoms. The molecule has 0 atom stereocenters. The van der Waals surface area contributed by atoms with Gasteiger partial charge in [-0.1, -0.05) is 19.1 Å². The van der Waals surface area contributed by atoms with Crippen LogP contribution < -0.4 is 10.6 Å². The number of anilines is 1. The van der Waals surface area contributed by atoms with Crippen LogP contribution in [0.3, 0.4) is 0 Å². The van der Waals surface area contributed by atoms with Gasteiger partial charge in [0, 0.05) is 19.3 Å². The molecule has 0 heterocycles. The average Bonchev–Trinajstić information content (AvgIpc) is 2.15. The molecular formula is C10H16N2. The van der Waals surface area contributed by atoms with Gasteiger partial charge in [0.15, 0.2) is 0 Å². The topological polar surface area (TPSA) is 24.1 Å². The van der Waals surface area contributed by atoms with Crippen molar-refractivity contribution in [1.29, 1.82) is 0 Å². The molecule has 66 valence electrons. The maximum Gasteiger partial charge on any atom is 0.0340 e. The Kier molecular flexibility index (Phi) is 3.61. The van der Waals surface area contributed by atoms with Gasteiger partial charge in [0.2, 0.25) is 0 Å². The lowest BCUT2D eigenvalue weighted by atomic mass is 10.2. The zero-order chi connectivity index (χ0) is 8.81. The Morgan fingerprint density at radius 3 is 2.83 bits per heavy atom. The zero-order valence-corrected chi connectivity index (χ0v) is 7.72. The molecule has 1 aromatic rings. The predicted molar refractivity (Wildman–Crippen MR) is 53.4 cm³/mol. The van der Waals surface area contributed by atoms with E-state index in [1.54, 1.807) is 0 Å². The zero-order valence-electron chi connectivity index (χ0n) is 7.72. The molecule has 1 aromatic carbocycles. The first kappa shape index (κ1) is 9.07. The van der Waals surface area contributed by atoms with Crippen molar-refractivity contribution in [2.24, 2.45) is 0 Å². The van der Waals surface area contributed by atoms with E-state index in [2.05, 4.69) is 41.8 Å². The highest BCUT2D eigenvalue weighted by Gasteiger charge is 1.92. The van der Waals surface area contributed by atoms with Crippen LogP contribution in [0.5, 0.6) is 0 Å². The van der Waals surface area contributed by atoms with Crippen LogP contribution in [0.4, 0.5) is 5.69 Å². The van der Waals surface area contributed by atoms with Crippen molar-refractivity contribution < 1.29 is 0 Å². The fraction of sp³-hybridized carbons (Fsp3) is 0.400. The summed E-state index contributed by atoms with van der Waals surface area (Å²) >= 11 is 0. The molecule has 0 unspecified atom stereocenters. The van der Waals surface area contributed by atoms with Crippen LogP contribution in [0.1, 0.15) is 12.5 Å². The third kappa shape index (κ3) is 2.55. The van der Waals surface area contributed by atoms with Gasteiger partial charge in [-0.05, 0) is 24.2 Å². The molecule has 0 aliphatic rings. The first-order valence-electron chi connectivity index (χ1n) is 4.34. The van der Waals surface area contributed by atoms with Crippen LogP contribution in [0.2, 0.25) is 0 Å². The Hall–Kier alpha value is -1.02. The van der Waals surface area contributed by atoms with Crippen molar-refractivity contribution in [2.45, 2.75) is 13.5 Å². The van der Waals surface area contributed by atoms with Crippen molar-refractivity contribution in [1.82, 2.24) is 5.32 Å². The second-order valence-corrected chi connectivity index (χ2v) is 2.73. The molecule has 1 rings (SSSR count). The molecule has 0 aromatic heterocycles. The number of nitrogens with one attached hydrogen (secondary N) is 2. The number of hydrogen-bond acceptors (Lipinski definition) is 2. The first-order chi connectivity index (χ1) is 5.86. The van der Waals surface area contributed by atoms with Gasteiger partial charge in [0.25, 0.3) is 0 Å². The lowest BCUT2D eigenvalue weighted by Gasteiger charge is -2.04. The van der Waals surface area contributed by atoms with Crippen LogP contribution in [0, 0.1) is 0 Å². The Morgan fingerprint density at radius 1 is 1.33 bits per heavy atom. The summed E-state index contributed by atoms with van der Waals surface area (Å²) in [7, 11) is 1.94. The maximum atomic E-state index is 3.29. The SMILES string of the molecule is CCNCc1cccc(NC)c1. The van der Waals surface area contributed by atoms with Crippen molar-refractivity contribution in [3.05, 3.63) is 29.8 Å². The van der Waals surface area contributed by atoms with Crippen molar-refractivity contribution in [3.8, 4) is 0 Å². The summed E-state index contributed by atoms with van der Waals surface area (Å²) in [5.74, 6) is 0. The number of rotatable bonds is 4. The normalized spacial score (nSPS) is 9.83. The quantitative estimate of drug-likeness (QED) is 0.709. The molecule has 0 saturated carbocycles. The molecule has 0 amide bonds. The minimum Gasteiger partial charge on any atom is -0.388 e. The molecular weight excluding hydrogens is 148 g/mol. The van der Waals surface area contributed by atoms with E-state index >= 15 is 0 Å². The van der Waals surface area contributed by atoms with Crippen molar-refractivity contribution >= 4 is 5.69 Å². The molecule has 0 radical (unpaired) electrons. The summed E-state index contributed by atoms with van der Waals surface area (Å²) in [6, 6.07) is 8.42. The van der Waals surface area contributed by atoms with E-state index in [9.17, 15) is 0 Å². The largest absolute Gasteiger partial charge is 0.388 e. The van der Waals surface area contributed by atoms with Crippen LogP contribution in [0.15, 0.2) is 24.3 Å². The fourth-order valence-electron chi connectivity index (χ4n) is 1.11. The van der Waals surface area contributed by atoms with E-state index in [0.29, 0.717) is 0 Å². The van der Waals surface area contributed by atoms with E-state index < -0.39 is 0 Å². The molecule has 2 nitrogen and oxygen atoms in total. The van der Waals surface area contributed by atoms with E-state index in [4.69, 9.17) is 0 Å². The summed E-state index contributed by atoms with van der Waals surface area (Å²) in [4.78, 5) is 0. The lowest BCUT2D eigenvalue weighted by molar-refractivity contribution is 0.727. The van der Waals surface area contributed by atoms with Crippen LogP contribution in [-0.2, 0) is 6.54 Å². The number of hydrogen-bond donors (Lipinski definition) is 2. The van der Waals surface area contributed by atoms with Gasteiger partial charge in [0.1, 0.15) is 0 Å². The van der Waals surface area contributed by atoms with Crippen molar-refractivity contribution in [2.75, 3.05) is 18.9 Å². The van der Waals surface area contributed by atoms with Gasteiger partial charge >= 0.3 is 0 Å². The third-order valence-corrected chi connectivity index (χ3v) is 1.79. The first-order valence-corrected chi connectivity index (χ1v) is 4.34. The summed E-state index contributed by atoms with van der Waals surface area (Å²) in [5.41, 5.74) is 2.49. The minimum atomic E-state index is 0.950. The highest BCUT2D eigenvalue weighted by Crippen LogP contribution is 2.08. The Bertz CT molecular complexity index is 233. The third-order valence-electron chi connectivity index (χ3n) is 1.79. The second kappa shape index (κ2) is 4.78. The van der Waals surface area contributed by atoms with Crippen LogP contribution >= 0.6 is 0 Å². The Morgan fingerprint density at radius 2 is 2.17 bits per heavy atom. The van der Waals surface area contributed by atoms with Crippen LogP contribution in [0.25, 0.3) is 0 Å². The second-order valence-electron chi connectivity index (χ2n) is 2.73. The van der Waals surface area contributed by atoms with E-state index in [-0.39, 0.29) is 0 Å². The fourth-order valence-corrected chi connectivity index (χ4v) is 1.11. The highest BCUT2D eigenvalue weighted by atomic mass is 14.8. The lowest BCUT2D eigenvalue weighted by Crippen LogP contribution is -2.11. The highest BCUT2D eigenvalue weighted by molar-refractivity contribution is 5.44. The van der Waals surface area contributed by atoms with E-state index in [1.807, 2.05) is 7.05 Å². The van der Waals surface area contributed by atoms with E-state index in [1.165, 1.54) is 11.3 Å². The van der Waals surface area contributed by atoms with Gasteiger partial charge < -0.3 is 10.6 Å². The summed E-state index contributed by atoms with van der Waals surface area (Å²) in [5, 5.41) is 6.40. The van der Waals surface area contributed by atoms with E-state index in [0.717, 1.165) is 13.1 Å². The van der Waals surface area contributed by atoms with Gasteiger partial charge in [-0.15, -0.1) is 0 Å². The summed E-state index contributed by atoms with van der Waals surface area (Å²) in [6.45, 7) is 4.08. The molecule has 0 bridgehead atoms. The Labute approximate surface area is 74.0 Å². The molecule has 2 heteroatoms.